The number of rotatable bonds is 4. The maximum atomic E-state index is 12.8. The van der Waals surface area contributed by atoms with Gasteiger partial charge in [0.05, 0.1) is 24.0 Å². The first-order chi connectivity index (χ1) is 13.5. The topological polar surface area (TPSA) is 92.7 Å². The van der Waals surface area contributed by atoms with Crippen LogP contribution in [0.15, 0.2) is 35.0 Å². The van der Waals surface area contributed by atoms with Crippen LogP contribution in [0.5, 0.6) is 0 Å². The number of aromatic nitrogens is 3. The molecule has 0 saturated carbocycles. The second-order valence-corrected chi connectivity index (χ2v) is 7.19. The summed E-state index contributed by atoms with van der Waals surface area (Å²) in [5.41, 5.74) is 3.13. The van der Waals surface area contributed by atoms with Crippen molar-refractivity contribution in [2.75, 3.05) is 6.54 Å². The molecule has 0 radical (unpaired) electrons. The number of nitrogens with zero attached hydrogens (tertiary/aromatic N) is 4. The van der Waals surface area contributed by atoms with Crippen molar-refractivity contribution < 1.29 is 14.1 Å². The van der Waals surface area contributed by atoms with Crippen LogP contribution < -0.4 is 5.32 Å². The van der Waals surface area contributed by atoms with E-state index in [0.29, 0.717) is 38.0 Å². The molecule has 8 nitrogen and oxygen atoms in total. The van der Waals surface area contributed by atoms with Crippen LogP contribution in [0.25, 0.3) is 5.52 Å². The Labute approximate surface area is 162 Å². The monoisotopic (exact) mass is 381 g/mol. The van der Waals surface area contributed by atoms with E-state index in [0.717, 1.165) is 22.5 Å². The van der Waals surface area contributed by atoms with E-state index in [-0.39, 0.29) is 17.9 Å². The highest BCUT2D eigenvalue weighted by Gasteiger charge is 2.26. The Morgan fingerprint density at radius 3 is 2.93 bits per heavy atom. The van der Waals surface area contributed by atoms with Crippen molar-refractivity contribution in [3.8, 4) is 0 Å². The smallest absolute Gasteiger partial charge is 0.270 e. The number of aryl methyl sites for hydroxylation is 2. The van der Waals surface area contributed by atoms with Gasteiger partial charge < -0.3 is 14.7 Å². The van der Waals surface area contributed by atoms with Crippen molar-refractivity contribution in [3.05, 3.63) is 53.2 Å². The van der Waals surface area contributed by atoms with E-state index in [1.165, 1.54) is 0 Å². The quantitative estimate of drug-likeness (QED) is 0.748. The highest BCUT2D eigenvalue weighted by Crippen LogP contribution is 2.19. The zero-order valence-corrected chi connectivity index (χ0v) is 16.0. The number of pyridine rings is 1. The van der Waals surface area contributed by atoms with E-state index < -0.39 is 0 Å². The zero-order valence-electron chi connectivity index (χ0n) is 16.0. The van der Waals surface area contributed by atoms with Gasteiger partial charge in [-0.25, -0.2) is 4.52 Å². The van der Waals surface area contributed by atoms with Crippen LogP contribution >= 0.6 is 0 Å². The SMILES string of the molecule is Cc1noc(C)c1CN1CCC(NC(=O)c2cccc3ccnn23)CCC1=O. The van der Waals surface area contributed by atoms with E-state index in [4.69, 9.17) is 4.52 Å². The van der Waals surface area contributed by atoms with Crippen molar-refractivity contribution in [2.24, 2.45) is 0 Å². The summed E-state index contributed by atoms with van der Waals surface area (Å²) >= 11 is 0. The number of carbonyl (C=O) groups excluding carboxylic acids is 2. The van der Waals surface area contributed by atoms with E-state index in [2.05, 4.69) is 15.6 Å². The Morgan fingerprint density at radius 1 is 1.29 bits per heavy atom. The number of nitrogens with one attached hydrogen (secondary N) is 1. The molecule has 3 aromatic heterocycles. The predicted octanol–water partition coefficient (Wildman–Crippen LogP) is 2.25. The molecule has 1 fully saturated rings. The number of hydrogen-bond donors (Lipinski definition) is 1. The molecule has 0 aliphatic carbocycles. The van der Waals surface area contributed by atoms with Crippen molar-refractivity contribution in [2.45, 2.75) is 45.7 Å². The number of hydrogen-bond acceptors (Lipinski definition) is 5. The average Bonchev–Trinajstić information content (AvgIpc) is 3.24. The summed E-state index contributed by atoms with van der Waals surface area (Å²) in [5, 5.41) is 11.2. The van der Waals surface area contributed by atoms with Gasteiger partial charge in [-0.2, -0.15) is 5.10 Å². The lowest BCUT2D eigenvalue weighted by molar-refractivity contribution is -0.131. The molecule has 28 heavy (non-hydrogen) atoms. The number of amides is 2. The lowest BCUT2D eigenvalue weighted by Gasteiger charge is -2.21. The molecule has 1 N–H and O–H groups in total. The normalized spacial score (nSPS) is 17.7. The van der Waals surface area contributed by atoms with E-state index in [1.807, 2.05) is 36.9 Å². The third-order valence-corrected chi connectivity index (χ3v) is 5.33. The van der Waals surface area contributed by atoms with Crippen LogP contribution in [-0.2, 0) is 11.3 Å². The maximum Gasteiger partial charge on any atom is 0.270 e. The Hall–Kier alpha value is -3.16. The molecule has 1 unspecified atom stereocenters. The predicted molar refractivity (Wildman–Crippen MR) is 102 cm³/mol. The molecule has 1 saturated heterocycles. The fourth-order valence-corrected chi connectivity index (χ4v) is 3.65. The van der Waals surface area contributed by atoms with Crippen molar-refractivity contribution in [1.29, 1.82) is 0 Å². The standard InChI is InChI=1S/C20H23N5O3/c1-13-17(14(2)28-23-13)12-24-11-9-15(6-7-19(24)26)22-20(27)18-5-3-4-16-8-10-21-25(16)18/h3-5,8,10,15H,6-7,9,11-12H2,1-2H3,(H,22,27). The minimum Gasteiger partial charge on any atom is -0.361 e. The first-order valence-corrected chi connectivity index (χ1v) is 9.46. The summed E-state index contributed by atoms with van der Waals surface area (Å²) in [7, 11) is 0. The van der Waals surface area contributed by atoms with Crippen LogP contribution in [0.1, 0.15) is 46.8 Å². The number of carbonyl (C=O) groups is 2. The first-order valence-electron chi connectivity index (χ1n) is 9.46. The van der Waals surface area contributed by atoms with Crippen molar-refractivity contribution >= 4 is 17.3 Å². The molecule has 8 heteroatoms. The Kier molecular flexibility index (Phi) is 4.85. The van der Waals surface area contributed by atoms with E-state index in [1.54, 1.807) is 16.8 Å². The number of likely N-dealkylation sites (tertiary alicyclic amines) is 1. The molecular formula is C20H23N5O3. The Bertz CT molecular complexity index is 1000. The van der Waals surface area contributed by atoms with Crippen LogP contribution in [-0.4, -0.2) is 44.1 Å². The van der Waals surface area contributed by atoms with Gasteiger partial charge in [0.25, 0.3) is 5.91 Å². The van der Waals surface area contributed by atoms with Gasteiger partial charge in [-0.05, 0) is 44.9 Å². The number of fused-ring (bicyclic) bond motifs is 1. The van der Waals surface area contributed by atoms with Gasteiger partial charge in [0.2, 0.25) is 5.91 Å². The Morgan fingerprint density at radius 2 is 2.14 bits per heavy atom. The van der Waals surface area contributed by atoms with Gasteiger partial charge in [-0.1, -0.05) is 11.2 Å². The minimum absolute atomic E-state index is 0.0584. The molecule has 2 amide bonds. The molecule has 0 spiro atoms. The third-order valence-electron chi connectivity index (χ3n) is 5.33. The van der Waals surface area contributed by atoms with Crippen LogP contribution in [0.3, 0.4) is 0 Å². The highest BCUT2D eigenvalue weighted by molar-refractivity contribution is 5.93. The second-order valence-electron chi connectivity index (χ2n) is 7.19. The molecule has 0 aromatic carbocycles. The van der Waals surface area contributed by atoms with Gasteiger partial charge in [-0.3, -0.25) is 9.59 Å². The van der Waals surface area contributed by atoms with Gasteiger partial charge in [0, 0.05) is 24.6 Å². The first kappa shape index (κ1) is 18.2. The minimum atomic E-state index is -0.175. The molecule has 4 heterocycles. The average molecular weight is 381 g/mol. The lowest BCUT2D eigenvalue weighted by atomic mass is 10.1. The summed E-state index contributed by atoms with van der Waals surface area (Å²) in [6, 6.07) is 7.29. The maximum absolute atomic E-state index is 12.8. The van der Waals surface area contributed by atoms with Crippen LogP contribution in [0.4, 0.5) is 0 Å². The van der Waals surface area contributed by atoms with E-state index >= 15 is 0 Å². The van der Waals surface area contributed by atoms with Gasteiger partial charge in [0.15, 0.2) is 0 Å². The summed E-state index contributed by atoms with van der Waals surface area (Å²) in [4.78, 5) is 27.1. The molecule has 146 valence electrons. The lowest BCUT2D eigenvalue weighted by Crippen LogP contribution is -2.36. The zero-order chi connectivity index (χ0) is 19.7. The molecule has 1 aliphatic rings. The fraction of sp³-hybridized carbons (Fsp3) is 0.400. The van der Waals surface area contributed by atoms with Gasteiger partial charge in [0.1, 0.15) is 11.5 Å². The molecule has 0 bridgehead atoms. The molecule has 1 aliphatic heterocycles. The van der Waals surface area contributed by atoms with Crippen molar-refractivity contribution in [1.82, 2.24) is 25.0 Å². The largest absolute Gasteiger partial charge is 0.361 e. The molecular weight excluding hydrogens is 358 g/mol. The summed E-state index contributed by atoms with van der Waals surface area (Å²) in [6.07, 6.45) is 3.40. The van der Waals surface area contributed by atoms with Crippen LogP contribution in [0, 0.1) is 13.8 Å². The molecule has 1 atom stereocenters. The third kappa shape index (κ3) is 3.49. The molecule has 3 aromatic rings. The molecule has 4 rings (SSSR count). The van der Waals surface area contributed by atoms with Gasteiger partial charge >= 0.3 is 0 Å². The van der Waals surface area contributed by atoms with Crippen molar-refractivity contribution in [3.63, 3.8) is 0 Å². The summed E-state index contributed by atoms with van der Waals surface area (Å²) in [6.45, 7) is 4.82. The van der Waals surface area contributed by atoms with Gasteiger partial charge in [-0.15, -0.1) is 0 Å². The Balaban J connectivity index is 1.43. The van der Waals surface area contributed by atoms with E-state index in [9.17, 15) is 9.59 Å². The summed E-state index contributed by atoms with van der Waals surface area (Å²) in [5.74, 6) is 0.656. The highest BCUT2D eigenvalue weighted by atomic mass is 16.5. The fourth-order valence-electron chi connectivity index (χ4n) is 3.65. The summed E-state index contributed by atoms with van der Waals surface area (Å²) < 4.78 is 6.83. The van der Waals surface area contributed by atoms with Crippen LogP contribution in [0.2, 0.25) is 0 Å². The second kappa shape index (κ2) is 7.46.